The molecule has 17 heavy (non-hydrogen) atoms. The van der Waals surface area contributed by atoms with Crippen molar-refractivity contribution in [3.05, 3.63) is 24.0 Å². The number of aromatic nitrogens is 1. The van der Waals surface area contributed by atoms with E-state index in [2.05, 4.69) is 23.3 Å². The van der Waals surface area contributed by atoms with Crippen LogP contribution in [0.15, 0.2) is 18.5 Å². The molecule has 0 spiro atoms. The average molecular weight is 233 g/mol. The van der Waals surface area contributed by atoms with Gasteiger partial charge in [-0.2, -0.15) is 0 Å². The summed E-state index contributed by atoms with van der Waals surface area (Å²) < 4.78 is 0. The first-order chi connectivity index (χ1) is 8.24. The number of anilines is 1. The minimum absolute atomic E-state index is 0.358. The fraction of sp³-hybridized carbons (Fsp3) is 0.643. The molecule has 0 saturated heterocycles. The van der Waals surface area contributed by atoms with E-state index in [9.17, 15) is 0 Å². The van der Waals surface area contributed by atoms with E-state index in [-0.39, 0.29) is 0 Å². The fourth-order valence-electron chi connectivity index (χ4n) is 3.04. The van der Waals surface area contributed by atoms with Crippen LogP contribution in [0.25, 0.3) is 0 Å². The van der Waals surface area contributed by atoms with Gasteiger partial charge in [-0.25, -0.2) is 0 Å². The van der Waals surface area contributed by atoms with Crippen molar-refractivity contribution in [1.29, 1.82) is 0 Å². The topological polar surface area (TPSA) is 50.9 Å². The lowest BCUT2D eigenvalue weighted by molar-refractivity contribution is 0.283. The van der Waals surface area contributed by atoms with Gasteiger partial charge in [-0.05, 0) is 42.7 Å². The van der Waals surface area contributed by atoms with Crippen LogP contribution in [0.5, 0.6) is 0 Å². The largest absolute Gasteiger partial charge is 0.387 e. The Kier molecular flexibility index (Phi) is 4.00. The summed E-state index contributed by atoms with van der Waals surface area (Å²) in [4.78, 5) is 4.18. The maximum atomic E-state index is 6.18. The molecule has 1 fully saturated rings. The summed E-state index contributed by atoms with van der Waals surface area (Å²) in [6.45, 7) is 2.27. The van der Waals surface area contributed by atoms with Gasteiger partial charge >= 0.3 is 0 Å². The molecule has 0 radical (unpaired) electrons. The lowest BCUT2D eigenvalue weighted by Gasteiger charge is -2.33. The number of rotatable bonds is 3. The van der Waals surface area contributed by atoms with Crippen molar-refractivity contribution in [2.45, 2.75) is 44.6 Å². The van der Waals surface area contributed by atoms with Gasteiger partial charge in [0.05, 0.1) is 11.9 Å². The standard InChI is InChI=1S/C14H23N3/c1-3-10-6-11(8-12(15)7-10)13-4-5-17-9-14(13)16-2/h4-5,9-12,16H,3,6-8,15H2,1-2H3. The number of nitrogens with zero attached hydrogens (tertiary/aromatic N) is 1. The molecule has 0 bridgehead atoms. The molecule has 0 aliphatic heterocycles. The summed E-state index contributed by atoms with van der Waals surface area (Å²) in [6.07, 6.45) is 8.60. The Labute approximate surface area is 104 Å². The van der Waals surface area contributed by atoms with Crippen molar-refractivity contribution in [3.8, 4) is 0 Å². The monoisotopic (exact) mass is 233 g/mol. The van der Waals surface area contributed by atoms with Crippen molar-refractivity contribution in [1.82, 2.24) is 4.98 Å². The smallest absolute Gasteiger partial charge is 0.0559 e. The second-order valence-corrected chi connectivity index (χ2v) is 5.15. The minimum atomic E-state index is 0.358. The zero-order valence-corrected chi connectivity index (χ0v) is 10.8. The molecule has 1 aliphatic carbocycles. The SMILES string of the molecule is CCC1CC(N)CC(c2ccncc2NC)C1. The van der Waals surface area contributed by atoms with Crippen LogP contribution < -0.4 is 11.1 Å². The Balaban J connectivity index is 2.20. The Morgan fingerprint density at radius 2 is 2.24 bits per heavy atom. The van der Waals surface area contributed by atoms with Gasteiger partial charge in [-0.3, -0.25) is 4.98 Å². The quantitative estimate of drug-likeness (QED) is 0.844. The molecule has 0 amide bonds. The van der Waals surface area contributed by atoms with E-state index < -0.39 is 0 Å². The maximum absolute atomic E-state index is 6.18. The van der Waals surface area contributed by atoms with Gasteiger partial charge in [-0.15, -0.1) is 0 Å². The van der Waals surface area contributed by atoms with Crippen LogP contribution in [0.3, 0.4) is 0 Å². The number of nitrogens with one attached hydrogen (secondary N) is 1. The van der Waals surface area contributed by atoms with Crippen molar-refractivity contribution in [2.24, 2.45) is 11.7 Å². The van der Waals surface area contributed by atoms with Crippen LogP contribution in [-0.4, -0.2) is 18.1 Å². The Morgan fingerprint density at radius 1 is 1.41 bits per heavy atom. The molecule has 3 N–H and O–H groups in total. The number of nitrogens with two attached hydrogens (primary N) is 1. The Bertz CT molecular complexity index is 364. The van der Waals surface area contributed by atoms with Crippen LogP contribution in [0.1, 0.15) is 44.1 Å². The highest BCUT2D eigenvalue weighted by molar-refractivity contribution is 5.50. The van der Waals surface area contributed by atoms with Gasteiger partial charge in [0, 0.05) is 19.3 Å². The third-order valence-corrected chi connectivity index (χ3v) is 3.98. The summed E-state index contributed by atoms with van der Waals surface area (Å²) >= 11 is 0. The van der Waals surface area contributed by atoms with E-state index in [0.717, 1.165) is 18.0 Å². The normalized spacial score (nSPS) is 29.0. The molecule has 1 aromatic heterocycles. The second kappa shape index (κ2) is 5.50. The molecule has 1 saturated carbocycles. The van der Waals surface area contributed by atoms with E-state index in [4.69, 9.17) is 5.73 Å². The Hall–Kier alpha value is -1.09. The van der Waals surface area contributed by atoms with E-state index in [0.29, 0.717) is 12.0 Å². The summed E-state index contributed by atoms with van der Waals surface area (Å²) in [5.41, 5.74) is 8.72. The van der Waals surface area contributed by atoms with Gasteiger partial charge in [0.15, 0.2) is 0 Å². The zero-order chi connectivity index (χ0) is 12.3. The summed E-state index contributed by atoms with van der Waals surface area (Å²) in [6, 6.07) is 2.50. The van der Waals surface area contributed by atoms with E-state index in [1.807, 2.05) is 19.4 Å². The van der Waals surface area contributed by atoms with Gasteiger partial charge in [0.25, 0.3) is 0 Å². The first-order valence-corrected chi connectivity index (χ1v) is 6.61. The van der Waals surface area contributed by atoms with E-state index in [1.165, 1.54) is 24.8 Å². The molecular formula is C14H23N3. The lowest BCUT2D eigenvalue weighted by Crippen LogP contribution is -2.32. The number of hydrogen-bond donors (Lipinski definition) is 2. The predicted octanol–water partition coefficient (Wildman–Crippen LogP) is 2.74. The first kappa shape index (κ1) is 12.4. The van der Waals surface area contributed by atoms with Crippen LogP contribution in [-0.2, 0) is 0 Å². The molecule has 3 nitrogen and oxygen atoms in total. The van der Waals surface area contributed by atoms with Crippen molar-refractivity contribution >= 4 is 5.69 Å². The first-order valence-electron chi connectivity index (χ1n) is 6.61. The second-order valence-electron chi connectivity index (χ2n) is 5.15. The minimum Gasteiger partial charge on any atom is -0.387 e. The molecular weight excluding hydrogens is 210 g/mol. The molecule has 0 aromatic carbocycles. The number of pyridine rings is 1. The highest BCUT2D eigenvalue weighted by atomic mass is 14.8. The van der Waals surface area contributed by atoms with Crippen LogP contribution in [0.2, 0.25) is 0 Å². The third kappa shape index (κ3) is 2.78. The molecule has 1 heterocycles. The summed E-state index contributed by atoms with van der Waals surface area (Å²) in [5.74, 6) is 1.37. The highest BCUT2D eigenvalue weighted by Gasteiger charge is 2.28. The van der Waals surface area contributed by atoms with E-state index >= 15 is 0 Å². The van der Waals surface area contributed by atoms with Crippen molar-refractivity contribution in [3.63, 3.8) is 0 Å². The lowest BCUT2D eigenvalue weighted by atomic mass is 9.75. The van der Waals surface area contributed by atoms with Crippen LogP contribution >= 0.6 is 0 Å². The van der Waals surface area contributed by atoms with Gasteiger partial charge in [-0.1, -0.05) is 13.3 Å². The third-order valence-electron chi connectivity index (χ3n) is 3.98. The van der Waals surface area contributed by atoms with Crippen LogP contribution in [0.4, 0.5) is 5.69 Å². The molecule has 94 valence electrons. The molecule has 2 rings (SSSR count). The van der Waals surface area contributed by atoms with E-state index in [1.54, 1.807) is 0 Å². The highest BCUT2D eigenvalue weighted by Crippen LogP contribution is 2.39. The van der Waals surface area contributed by atoms with Crippen molar-refractivity contribution in [2.75, 3.05) is 12.4 Å². The Morgan fingerprint density at radius 3 is 2.94 bits per heavy atom. The fourth-order valence-corrected chi connectivity index (χ4v) is 3.04. The predicted molar refractivity (Wildman–Crippen MR) is 72.1 cm³/mol. The molecule has 3 heteroatoms. The molecule has 1 aliphatic rings. The number of hydrogen-bond acceptors (Lipinski definition) is 3. The zero-order valence-electron chi connectivity index (χ0n) is 10.8. The van der Waals surface area contributed by atoms with Crippen LogP contribution in [0, 0.1) is 5.92 Å². The molecule has 3 atom stereocenters. The molecule has 3 unspecified atom stereocenters. The van der Waals surface area contributed by atoms with Gasteiger partial charge < -0.3 is 11.1 Å². The van der Waals surface area contributed by atoms with Gasteiger partial charge in [0.1, 0.15) is 0 Å². The summed E-state index contributed by atoms with van der Waals surface area (Å²) in [5, 5.41) is 3.24. The summed E-state index contributed by atoms with van der Waals surface area (Å²) in [7, 11) is 1.96. The molecule has 1 aromatic rings. The van der Waals surface area contributed by atoms with Gasteiger partial charge in [0.2, 0.25) is 0 Å². The maximum Gasteiger partial charge on any atom is 0.0559 e. The average Bonchev–Trinajstić information content (AvgIpc) is 2.37. The van der Waals surface area contributed by atoms with Crippen molar-refractivity contribution < 1.29 is 0 Å².